The van der Waals surface area contributed by atoms with Crippen LogP contribution in [-0.2, 0) is 4.79 Å². The second-order valence-electron chi connectivity index (χ2n) is 7.88. The molecule has 2 fully saturated rings. The quantitative estimate of drug-likeness (QED) is 0.801. The summed E-state index contributed by atoms with van der Waals surface area (Å²) in [4.78, 5) is 21.6. The Labute approximate surface area is 160 Å². The maximum Gasteiger partial charge on any atom is 0.249 e. The molecular formula is C21H28N4O2. The molecule has 1 saturated heterocycles. The lowest BCUT2D eigenvalue weighted by Crippen LogP contribution is -2.39. The fourth-order valence-corrected chi connectivity index (χ4v) is 3.87. The van der Waals surface area contributed by atoms with Crippen molar-refractivity contribution in [1.29, 1.82) is 0 Å². The van der Waals surface area contributed by atoms with Crippen molar-refractivity contribution in [2.45, 2.75) is 45.6 Å². The van der Waals surface area contributed by atoms with Crippen LogP contribution in [0.3, 0.4) is 0 Å². The monoisotopic (exact) mass is 368 g/mol. The van der Waals surface area contributed by atoms with Crippen molar-refractivity contribution < 1.29 is 9.32 Å². The molecular weight excluding hydrogens is 340 g/mol. The van der Waals surface area contributed by atoms with E-state index in [0.29, 0.717) is 17.6 Å². The summed E-state index contributed by atoms with van der Waals surface area (Å²) in [5.74, 6) is 2.13. The van der Waals surface area contributed by atoms with E-state index >= 15 is 0 Å². The number of likely N-dealkylation sites (tertiary alicyclic amines) is 1. The van der Waals surface area contributed by atoms with Gasteiger partial charge >= 0.3 is 0 Å². The fourth-order valence-electron chi connectivity index (χ4n) is 3.87. The van der Waals surface area contributed by atoms with E-state index in [0.717, 1.165) is 50.0 Å². The first-order valence-corrected chi connectivity index (χ1v) is 10.0. The maximum absolute atomic E-state index is 12.8. The standard InChI is InChI=1S/C21H28N4O2/c1-4-24(3)16-10-8-15(9-11-16)19-22-20(27-23-19)18-7-5-6-12-25(18)21(26)17-13-14(17)2/h8-11,14,17-18H,4-7,12-13H2,1-3H3/t14-,17+,18+/m1/s1. The van der Waals surface area contributed by atoms with Crippen molar-refractivity contribution in [3.8, 4) is 11.4 Å². The maximum atomic E-state index is 12.8. The van der Waals surface area contributed by atoms with E-state index < -0.39 is 0 Å². The Morgan fingerprint density at radius 3 is 2.70 bits per heavy atom. The van der Waals surface area contributed by atoms with Crippen LogP contribution in [0, 0.1) is 11.8 Å². The predicted molar refractivity (Wildman–Crippen MR) is 104 cm³/mol. The summed E-state index contributed by atoms with van der Waals surface area (Å²) in [7, 11) is 2.07. The molecule has 2 aromatic rings. The molecule has 0 radical (unpaired) electrons. The van der Waals surface area contributed by atoms with Crippen LogP contribution >= 0.6 is 0 Å². The molecule has 1 saturated carbocycles. The van der Waals surface area contributed by atoms with E-state index in [2.05, 4.69) is 48.1 Å². The molecule has 0 spiro atoms. The highest BCUT2D eigenvalue weighted by atomic mass is 16.5. The Morgan fingerprint density at radius 1 is 1.30 bits per heavy atom. The highest BCUT2D eigenvalue weighted by Crippen LogP contribution is 2.42. The molecule has 0 unspecified atom stereocenters. The van der Waals surface area contributed by atoms with Gasteiger partial charge in [-0.25, -0.2) is 0 Å². The minimum Gasteiger partial charge on any atom is -0.375 e. The van der Waals surface area contributed by atoms with Crippen molar-refractivity contribution in [3.05, 3.63) is 30.2 Å². The molecule has 1 aromatic carbocycles. The molecule has 4 rings (SSSR count). The van der Waals surface area contributed by atoms with E-state index in [1.54, 1.807) is 0 Å². The number of hydrogen-bond acceptors (Lipinski definition) is 5. The van der Waals surface area contributed by atoms with Gasteiger partial charge in [0, 0.05) is 37.3 Å². The second kappa shape index (κ2) is 7.33. The summed E-state index contributed by atoms with van der Waals surface area (Å²) in [6, 6.07) is 8.10. The number of aromatic nitrogens is 2. The minimum absolute atomic E-state index is 0.0780. The van der Waals surface area contributed by atoms with Crippen molar-refractivity contribution in [3.63, 3.8) is 0 Å². The summed E-state index contributed by atoms with van der Waals surface area (Å²) in [6.45, 7) is 6.02. The van der Waals surface area contributed by atoms with Gasteiger partial charge in [-0.1, -0.05) is 12.1 Å². The van der Waals surface area contributed by atoms with Gasteiger partial charge in [0.2, 0.25) is 17.6 Å². The third kappa shape index (κ3) is 3.57. The Hall–Kier alpha value is -2.37. The number of nitrogens with zero attached hydrogens (tertiary/aromatic N) is 4. The van der Waals surface area contributed by atoms with E-state index in [1.165, 1.54) is 0 Å². The molecule has 3 atom stereocenters. The van der Waals surface area contributed by atoms with Crippen LogP contribution in [-0.4, -0.2) is 41.1 Å². The molecule has 6 heteroatoms. The van der Waals surface area contributed by atoms with E-state index in [4.69, 9.17) is 4.52 Å². The van der Waals surface area contributed by atoms with E-state index in [9.17, 15) is 4.79 Å². The Morgan fingerprint density at radius 2 is 2.04 bits per heavy atom. The van der Waals surface area contributed by atoms with Gasteiger partial charge in [0.05, 0.1) is 0 Å². The van der Waals surface area contributed by atoms with Crippen molar-refractivity contribution in [1.82, 2.24) is 15.0 Å². The smallest absolute Gasteiger partial charge is 0.249 e. The molecule has 1 aliphatic carbocycles. The number of anilines is 1. The second-order valence-corrected chi connectivity index (χ2v) is 7.88. The van der Waals surface area contributed by atoms with Crippen LogP contribution < -0.4 is 4.90 Å². The van der Waals surface area contributed by atoms with Gasteiger partial charge in [-0.3, -0.25) is 4.79 Å². The zero-order valence-electron chi connectivity index (χ0n) is 16.4. The first-order chi connectivity index (χ1) is 13.1. The van der Waals surface area contributed by atoms with E-state index in [-0.39, 0.29) is 17.9 Å². The zero-order chi connectivity index (χ0) is 19.0. The Kier molecular flexibility index (Phi) is 4.89. The first kappa shape index (κ1) is 18.0. The summed E-state index contributed by atoms with van der Waals surface area (Å²) in [6.07, 6.45) is 4.05. The van der Waals surface area contributed by atoms with Gasteiger partial charge in [0.15, 0.2) is 0 Å². The molecule has 2 aliphatic rings. The molecule has 1 aromatic heterocycles. The lowest BCUT2D eigenvalue weighted by molar-refractivity contribution is -0.137. The third-order valence-corrected chi connectivity index (χ3v) is 5.98. The SMILES string of the molecule is CCN(C)c1ccc(-c2noc([C@@H]3CCCCN3C(=O)[C@H]3C[C@H]3C)n2)cc1. The number of benzene rings is 1. The number of carbonyl (C=O) groups excluding carboxylic acids is 1. The first-order valence-electron chi connectivity index (χ1n) is 10.0. The average molecular weight is 368 g/mol. The summed E-state index contributed by atoms with van der Waals surface area (Å²) in [5, 5.41) is 4.19. The predicted octanol–water partition coefficient (Wildman–Crippen LogP) is 3.90. The molecule has 6 nitrogen and oxygen atoms in total. The largest absolute Gasteiger partial charge is 0.375 e. The summed E-state index contributed by atoms with van der Waals surface area (Å²) < 4.78 is 5.60. The number of carbonyl (C=O) groups is 1. The van der Waals surface area contributed by atoms with E-state index in [1.807, 2.05) is 17.0 Å². The van der Waals surface area contributed by atoms with Crippen LogP contribution in [0.25, 0.3) is 11.4 Å². The van der Waals surface area contributed by atoms with Gasteiger partial charge in [-0.15, -0.1) is 0 Å². The van der Waals surface area contributed by atoms with Gasteiger partial charge < -0.3 is 14.3 Å². The number of rotatable bonds is 5. The van der Waals surface area contributed by atoms with Gasteiger partial charge in [0.1, 0.15) is 6.04 Å². The molecule has 0 N–H and O–H groups in total. The summed E-state index contributed by atoms with van der Waals surface area (Å²) in [5.41, 5.74) is 2.09. The highest BCUT2D eigenvalue weighted by molar-refractivity contribution is 5.82. The van der Waals surface area contributed by atoms with Crippen molar-refractivity contribution >= 4 is 11.6 Å². The van der Waals surface area contributed by atoms with Crippen molar-refractivity contribution in [2.75, 3.05) is 25.0 Å². The van der Waals surface area contributed by atoms with Crippen LogP contribution in [0.5, 0.6) is 0 Å². The van der Waals surface area contributed by atoms with Crippen LogP contribution in [0.15, 0.2) is 28.8 Å². The molecule has 0 bridgehead atoms. The third-order valence-electron chi connectivity index (χ3n) is 5.98. The Balaban J connectivity index is 1.53. The number of amides is 1. The fraction of sp³-hybridized carbons (Fsp3) is 0.571. The van der Waals surface area contributed by atoms with Crippen molar-refractivity contribution in [2.24, 2.45) is 11.8 Å². The molecule has 144 valence electrons. The Bertz CT molecular complexity index is 801. The minimum atomic E-state index is -0.0780. The molecule has 1 aliphatic heterocycles. The van der Waals surface area contributed by atoms with Crippen LogP contribution in [0.4, 0.5) is 5.69 Å². The van der Waals surface area contributed by atoms with Crippen LogP contribution in [0.2, 0.25) is 0 Å². The number of piperidine rings is 1. The van der Waals surface area contributed by atoms with Gasteiger partial charge in [-0.2, -0.15) is 4.98 Å². The highest BCUT2D eigenvalue weighted by Gasteiger charge is 2.44. The number of hydrogen-bond donors (Lipinski definition) is 0. The van der Waals surface area contributed by atoms with Gasteiger partial charge in [0.25, 0.3) is 0 Å². The lowest BCUT2D eigenvalue weighted by Gasteiger charge is -2.33. The molecule has 27 heavy (non-hydrogen) atoms. The van der Waals surface area contributed by atoms with Crippen LogP contribution in [0.1, 0.15) is 51.5 Å². The molecule has 2 heterocycles. The zero-order valence-corrected chi connectivity index (χ0v) is 16.4. The normalized spacial score (nSPS) is 24.7. The molecule has 1 amide bonds. The summed E-state index contributed by atoms with van der Waals surface area (Å²) >= 11 is 0. The van der Waals surface area contributed by atoms with Gasteiger partial charge in [-0.05, 0) is 62.8 Å². The topological polar surface area (TPSA) is 62.5 Å². The average Bonchev–Trinajstić information content (AvgIpc) is 3.24. The lowest BCUT2D eigenvalue weighted by atomic mass is 10.0.